The summed E-state index contributed by atoms with van der Waals surface area (Å²) in [5.41, 5.74) is 7.08. The lowest BCUT2D eigenvalue weighted by Crippen LogP contribution is -2.02. The first-order valence-electron chi connectivity index (χ1n) is 10.2. The number of hydrogen-bond acceptors (Lipinski definition) is 2. The fourth-order valence-corrected chi connectivity index (χ4v) is 5.73. The summed E-state index contributed by atoms with van der Waals surface area (Å²) >= 11 is 1.85. The van der Waals surface area contributed by atoms with Gasteiger partial charge < -0.3 is 0 Å². The number of nitrogens with zero attached hydrogens (tertiary/aromatic N) is 2. The van der Waals surface area contributed by atoms with Gasteiger partial charge >= 0.3 is 0 Å². The third-order valence-electron chi connectivity index (χ3n) is 5.87. The molecule has 0 aliphatic carbocycles. The fourth-order valence-electron chi connectivity index (χ4n) is 4.51. The summed E-state index contributed by atoms with van der Waals surface area (Å²) in [4.78, 5) is 5.13. The van der Waals surface area contributed by atoms with Crippen molar-refractivity contribution < 1.29 is 0 Å². The van der Waals surface area contributed by atoms with E-state index in [0.29, 0.717) is 0 Å². The summed E-state index contributed by atoms with van der Waals surface area (Å²) in [7, 11) is 0. The zero-order chi connectivity index (χ0) is 20.2. The van der Waals surface area contributed by atoms with Crippen molar-refractivity contribution >= 4 is 42.5 Å². The van der Waals surface area contributed by atoms with Crippen LogP contribution in [0.15, 0.2) is 84.9 Å². The van der Waals surface area contributed by atoms with E-state index < -0.39 is 0 Å². The Bertz CT molecular complexity index is 1550. The van der Waals surface area contributed by atoms with Crippen molar-refractivity contribution in [3.8, 4) is 17.1 Å². The van der Waals surface area contributed by atoms with Crippen LogP contribution in [-0.2, 0) is 0 Å². The maximum Gasteiger partial charge on any atom is 0.147 e. The molecule has 0 fully saturated rings. The smallest absolute Gasteiger partial charge is 0.147 e. The highest BCUT2D eigenvalue weighted by Gasteiger charge is 2.20. The molecule has 0 aliphatic heterocycles. The first-order chi connectivity index (χ1) is 14.7. The molecule has 2 aromatic heterocycles. The van der Waals surface area contributed by atoms with Crippen LogP contribution in [0, 0.1) is 13.8 Å². The second-order valence-corrected chi connectivity index (χ2v) is 8.83. The predicted molar refractivity (Wildman–Crippen MR) is 129 cm³/mol. The Hall–Kier alpha value is -3.43. The highest BCUT2D eigenvalue weighted by atomic mass is 32.1. The Labute approximate surface area is 179 Å². The summed E-state index contributed by atoms with van der Waals surface area (Å²) in [5, 5.41) is 2.61. The zero-order valence-corrected chi connectivity index (χ0v) is 17.7. The fraction of sp³-hybridized carbons (Fsp3) is 0.0741. The highest BCUT2D eigenvalue weighted by molar-refractivity contribution is 7.26. The van der Waals surface area contributed by atoms with Gasteiger partial charge in [-0.05, 0) is 49.2 Å². The van der Waals surface area contributed by atoms with Gasteiger partial charge in [-0.1, -0.05) is 60.7 Å². The molecule has 4 aromatic carbocycles. The molecule has 2 heterocycles. The maximum atomic E-state index is 5.13. The second kappa shape index (κ2) is 6.54. The lowest BCUT2D eigenvalue weighted by molar-refractivity contribution is 1.07. The SMILES string of the molecule is Cc1cccc(C)c1-n1c(-c2cccc3c2sc2ccccc23)nc2ccccc21. The molecule has 0 aliphatic rings. The molecule has 6 rings (SSSR count). The number of rotatable bonds is 2. The number of para-hydroxylation sites is 3. The maximum absolute atomic E-state index is 5.13. The van der Waals surface area contributed by atoms with Crippen LogP contribution in [-0.4, -0.2) is 9.55 Å². The average molecular weight is 405 g/mol. The lowest BCUT2D eigenvalue weighted by Gasteiger charge is -2.15. The molecule has 0 saturated carbocycles. The number of aryl methyl sites for hydroxylation is 2. The third kappa shape index (κ3) is 2.45. The first kappa shape index (κ1) is 17.4. The van der Waals surface area contributed by atoms with Gasteiger partial charge in [0.1, 0.15) is 5.82 Å². The normalized spacial score (nSPS) is 11.7. The molecule has 0 spiro atoms. The summed E-state index contributed by atoms with van der Waals surface area (Å²) < 4.78 is 4.95. The van der Waals surface area contributed by atoms with Gasteiger partial charge in [-0.25, -0.2) is 4.98 Å². The van der Waals surface area contributed by atoms with Crippen LogP contribution in [0.4, 0.5) is 0 Å². The molecule has 6 aromatic rings. The van der Waals surface area contributed by atoms with Gasteiger partial charge in [0, 0.05) is 25.7 Å². The van der Waals surface area contributed by atoms with Gasteiger partial charge in [-0.2, -0.15) is 0 Å². The van der Waals surface area contributed by atoms with Crippen LogP contribution in [0.2, 0.25) is 0 Å². The average Bonchev–Trinajstić information content (AvgIpc) is 3.32. The Morgan fingerprint density at radius 3 is 2.27 bits per heavy atom. The minimum atomic E-state index is 1.01. The van der Waals surface area contributed by atoms with Gasteiger partial charge in [-0.15, -0.1) is 11.3 Å². The first-order valence-corrected chi connectivity index (χ1v) is 11.0. The van der Waals surface area contributed by atoms with E-state index in [4.69, 9.17) is 4.98 Å². The Morgan fingerprint density at radius 1 is 0.700 bits per heavy atom. The molecule has 3 heteroatoms. The van der Waals surface area contributed by atoms with E-state index in [0.717, 1.165) is 16.9 Å². The quantitative estimate of drug-likeness (QED) is 0.289. The number of benzene rings is 4. The number of thiophene rings is 1. The van der Waals surface area contributed by atoms with E-state index in [9.17, 15) is 0 Å². The minimum Gasteiger partial charge on any atom is -0.292 e. The van der Waals surface area contributed by atoms with Crippen molar-refractivity contribution in [1.82, 2.24) is 9.55 Å². The molecule has 0 radical (unpaired) electrons. The van der Waals surface area contributed by atoms with Gasteiger partial charge in [0.25, 0.3) is 0 Å². The highest BCUT2D eigenvalue weighted by Crippen LogP contribution is 2.41. The molecule has 144 valence electrons. The van der Waals surface area contributed by atoms with E-state index in [1.54, 1.807) is 0 Å². The summed E-state index contributed by atoms with van der Waals surface area (Å²) in [6, 6.07) is 30.2. The van der Waals surface area contributed by atoms with E-state index in [1.165, 1.54) is 42.6 Å². The summed E-state index contributed by atoms with van der Waals surface area (Å²) in [6.07, 6.45) is 0. The van der Waals surface area contributed by atoms with Crippen molar-refractivity contribution in [2.75, 3.05) is 0 Å². The van der Waals surface area contributed by atoms with E-state index in [2.05, 4.69) is 103 Å². The second-order valence-electron chi connectivity index (χ2n) is 7.78. The molecule has 0 saturated heterocycles. The van der Waals surface area contributed by atoms with Crippen LogP contribution in [0.25, 0.3) is 48.3 Å². The van der Waals surface area contributed by atoms with Crippen LogP contribution in [0.3, 0.4) is 0 Å². The van der Waals surface area contributed by atoms with Crippen LogP contribution in [0.5, 0.6) is 0 Å². The molecule has 2 nitrogen and oxygen atoms in total. The molecule has 0 amide bonds. The lowest BCUT2D eigenvalue weighted by atomic mass is 10.1. The van der Waals surface area contributed by atoms with Crippen molar-refractivity contribution in [3.63, 3.8) is 0 Å². The molecular formula is C27H20N2S. The van der Waals surface area contributed by atoms with Gasteiger partial charge in [0.15, 0.2) is 0 Å². The number of hydrogen-bond donors (Lipinski definition) is 0. The van der Waals surface area contributed by atoms with Crippen LogP contribution >= 0.6 is 11.3 Å². The topological polar surface area (TPSA) is 17.8 Å². The largest absolute Gasteiger partial charge is 0.292 e. The minimum absolute atomic E-state index is 1.01. The number of imidazole rings is 1. The Kier molecular flexibility index (Phi) is 3.80. The van der Waals surface area contributed by atoms with Crippen molar-refractivity contribution in [2.45, 2.75) is 13.8 Å². The van der Waals surface area contributed by atoms with Crippen molar-refractivity contribution in [3.05, 3.63) is 96.1 Å². The number of aromatic nitrogens is 2. The van der Waals surface area contributed by atoms with Crippen molar-refractivity contribution in [2.24, 2.45) is 0 Å². The van der Waals surface area contributed by atoms with Gasteiger partial charge in [-0.3, -0.25) is 4.57 Å². The van der Waals surface area contributed by atoms with E-state index in [-0.39, 0.29) is 0 Å². The van der Waals surface area contributed by atoms with E-state index in [1.807, 2.05) is 11.3 Å². The third-order valence-corrected chi connectivity index (χ3v) is 7.09. The standard InChI is InChI=1S/C27H20N2S/c1-17-9-7-10-18(2)25(17)29-23-15-5-4-14-22(23)28-27(29)21-13-8-12-20-19-11-3-6-16-24(19)30-26(20)21/h3-16H,1-2H3. The molecule has 30 heavy (non-hydrogen) atoms. The van der Waals surface area contributed by atoms with Gasteiger partial charge in [0.05, 0.1) is 16.7 Å². The van der Waals surface area contributed by atoms with E-state index >= 15 is 0 Å². The van der Waals surface area contributed by atoms with Crippen molar-refractivity contribution in [1.29, 1.82) is 0 Å². The van der Waals surface area contributed by atoms with Gasteiger partial charge in [0.2, 0.25) is 0 Å². The molecule has 0 unspecified atom stereocenters. The molecule has 0 atom stereocenters. The zero-order valence-electron chi connectivity index (χ0n) is 16.9. The molecule has 0 bridgehead atoms. The summed E-state index contributed by atoms with van der Waals surface area (Å²) in [6.45, 7) is 4.36. The van der Waals surface area contributed by atoms with Crippen LogP contribution in [0.1, 0.15) is 11.1 Å². The molecular weight excluding hydrogens is 384 g/mol. The van der Waals surface area contributed by atoms with Crippen LogP contribution < -0.4 is 0 Å². The predicted octanol–water partition coefficient (Wildman–Crippen LogP) is 7.68. The Morgan fingerprint density at radius 2 is 1.40 bits per heavy atom. The number of fused-ring (bicyclic) bond motifs is 4. The Balaban J connectivity index is 1.77. The monoisotopic (exact) mass is 404 g/mol. The summed E-state index contributed by atoms with van der Waals surface area (Å²) in [5.74, 6) is 1.01. The molecule has 0 N–H and O–H groups in total.